The monoisotopic (exact) mass is 461 g/mol. The molecule has 1 unspecified atom stereocenters. The minimum absolute atomic E-state index is 0.0255. The summed E-state index contributed by atoms with van der Waals surface area (Å²) in [5.41, 5.74) is 0.223. The van der Waals surface area contributed by atoms with Crippen LogP contribution in [0.15, 0.2) is 53.4 Å². The van der Waals surface area contributed by atoms with Crippen LogP contribution in [0.2, 0.25) is 5.02 Å². The summed E-state index contributed by atoms with van der Waals surface area (Å²) < 4.78 is 28.1. The highest BCUT2D eigenvalue weighted by atomic mass is 35.5. The molecule has 3 aromatic rings. The predicted octanol–water partition coefficient (Wildman–Crippen LogP) is 3.36. The molecule has 1 amide bonds. The number of amides is 1. The van der Waals surface area contributed by atoms with Gasteiger partial charge < -0.3 is 5.32 Å². The molecule has 0 aliphatic heterocycles. The van der Waals surface area contributed by atoms with E-state index in [1.54, 1.807) is 27.7 Å². The van der Waals surface area contributed by atoms with Crippen molar-refractivity contribution in [2.45, 2.75) is 44.2 Å². The molecule has 0 saturated carbocycles. The SMILES string of the molecule is Cc1nc(C(NC(=O)c2ccc(Cl)c(S(=O)(=O)NC(C)(C)C)c2)c2ccccc2)n[nH]1. The van der Waals surface area contributed by atoms with Gasteiger partial charge in [0.1, 0.15) is 16.8 Å². The van der Waals surface area contributed by atoms with Crippen LogP contribution in [-0.2, 0) is 10.0 Å². The zero-order chi connectivity index (χ0) is 22.8. The number of H-pyrrole nitrogens is 1. The minimum atomic E-state index is -3.93. The van der Waals surface area contributed by atoms with Crippen molar-refractivity contribution in [1.29, 1.82) is 0 Å². The zero-order valence-corrected chi connectivity index (χ0v) is 19.2. The van der Waals surface area contributed by atoms with Gasteiger partial charge in [0, 0.05) is 11.1 Å². The van der Waals surface area contributed by atoms with Gasteiger partial charge in [0.25, 0.3) is 5.91 Å². The van der Waals surface area contributed by atoms with Crippen LogP contribution in [0.3, 0.4) is 0 Å². The second-order valence-electron chi connectivity index (χ2n) is 8.10. The van der Waals surface area contributed by atoms with Crippen LogP contribution < -0.4 is 10.0 Å². The molecule has 0 fully saturated rings. The quantitative estimate of drug-likeness (QED) is 0.520. The molecule has 0 saturated heterocycles. The first-order valence-electron chi connectivity index (χ1n) is 9.54. The Balaban J connectivity index is 1.95. The van der Waals surface area contributed by atoms with Crippen molar-refractivity contribution in [3.63, 3.8) is 0 Å². The molecule has 0 aliphatic rings. The molecule has 10 heteroatoms. The standard InChI is InChI=1S/C21H24ClN5O3S/c1-13-23-19(26-25-13)18(14-8-6-5-7-9-14)24-20(28)15-10-11-16(22)17(12-15)31(29,30)27-21(2,3)4/h5-12,18,27H,1-4H3,(H,24,28)(H,23,25,26). The van der Waals surface area contributed by atoms with Gasteiger partial charge in [-0.05, 0) is 51.5 Å². The van der Waals surface area contributed by atoms with Gasteiger partial charge in [0.15, 0.2) is 5.82 Å². The third kappa shape index (κ3) is 5.69. The number of rotatable bonds is 6. The Kier molecular flexibility index (Phi) is 6.49. The number of carbonyl (C=O) groups is 1. The van der Waals surface area contributed by atoms with E-state index in [1.807, 2.05) is 30.3 Å². The molecule has 1 aromatic heterocycles. The third-order valence-corrected chi connectivity index (χ3v) is 6.44. The number of benzene rings is 2. The van der Waals surface area contributed by atoms with E-state index in [0.29, 0.717) is 11.6 Å². The Morgan fingerprint density at radius 2 is 1.81 bits per heavy atom. The number of sulfonamides is 1. The number of hydrogen-bond acceptors (Lipinski definition) is 5. The molecule has 3 N–H and O–H groups in total. The highest BCUT2D eigenvalue weighted by Gasteiger charge is 2.27. The Morgan fingerprint density at radius 3 is 2.39 bits per heavy atom. The summed E-state index contributed by atoms with van der Waals surface area (Å²) in [5.74, 6) is 0.520. The van der Waals surface area contributed by atoms with E-state index >= 15 is 0 Å². The summed E-state index contributed by atoms with van der Waals surface area (Å²) in [4.78, 5) is 17.2. The van der Waals surface area contributed by atoms with Gasteiger partial charge in [0.2, 0.25) is 10.0 Å². The highest BCUT2D eigenvalue weighted by Crippen LogP contribution is 2.25. The Labute approximate surface area is 186 Å². The van der Waals surface area contributed by atoms with E-state index in [4.69, 9.17) is 11.6 Å². The molecule has 0 aliphatic carbocycles. The molecule has 0 spiro atoms. The van der Waals surface area contributed by atoms with Crippen LogP contribution in [0.4, 0.5) is 0 Å². The van der Waals surface area contributed by atoms with Crippen LogP contribution in [0.1, 0.15) is 54.4 Å². The fraction of sp³-hybridized carbons (Fsp3) is 0.286. The van der Waals surface area contributed by atoms with Crippen LogP contribution in [0.5, 0.6) is 0 Å². The van der Waals surface area contributed by atoms with Crippen molar-refractivity contribution in [1.82, 2.24) is 25.2 Å². The largest absolute Gasteiger partial charge is 0.338 e. The van der Waals surface area contributed by atoms with Crippen LogP contribution in [-0.4, -0.2) is 35.0 Å². The average molecular weight is 462 g/mol. The lowest BCUT2D eigenvalue weighted by Crippen LogP contribution is -2.40. The van der Waals surface area contributed by atoms with E-state index in [-0.39, 0.29) is 15.5 Å². The lowest BCUT2D eigenvalue weighted by molar-refractivity contribution is 0.0941. The number of aromatic amines is 1. The van der Waals surface area contributed by atoms with Crippen molar-refractivity contribution in [2.24, 2.45) is 0 Å². The minimum Gasteiger partial charge on any atom is -0.338 e. The normalized spacial score (nSPS) is 13.1. The molecule has 1 heterocycles. The Hall–Kier alpha value is -2.75. The molecule has 0 bridgehead atoms. The molecule has 3 rings (SSSR count). The smallest absolute Gasteiger partial charge is 0.252 e. The molecule has 2 aromatic carbocycles. The van der Waals surface area contributed by atoms with Crippen molar-refractivity contribution in [2.75, 3.05) is 0 Å². The number of hydrogen-bond donors (Lipinski definition) is 3. The van der Waals surface area contributed by atoms with Crippen molar-refractivity contribution < 1.29 is 13.2 Å². The second kappa shape index (κ2) is 8.78. The van der Waals surface area contributed by atoms with Gasteiger partial charge in [-0.1, -0.05) is 41.9 Å². The van der Waals surface area contributed by atoms with E-state index < -0.39 is 27.5 Å². The van der Waals surface area contributed by atoms with Gasteiger partial charge in [0.05, 0.1) is 5.02 Å². The summed E-state index contributed by atoms with van der Waals surface area (Å²) >= 11 is 6.14. The number of nitrogens with zero attached hydrogens (tertiary/aromatic N) is 2. The summed E-state index contributed by atoms with van der Waals surface area (Å²) in [6, 6.07) is 12.8. The highest BCUT2D eigenvalue weighted by molar-refractivity contribution is 7.89. The van der Waals surface area contributed by atoms with Gasteiger partial charge in [-0.3, -0.25) is 9.89 Å². The van der Waals surface area contributed by atoms with E-state index in [9.17, 15) is 13.2 Å². The van der Waals surface area contributed by atoms with Crippen molar-refractivity contribution in [3.05, 3.63) is 76.3 Å². The predicted molar refractivity (Wildman–Crippen MR) is 118 cm³/mol. The topological polar surface area (TPSA) is 117 Å². The number of halogens is 1. The van der Waals surface area contributed by atoms with Crippen LogP contribution >= 0.6 is 11.6 Å². The van der Waals surface area contributed by atoms with Gasteiger partial charge in [-0.15, -0.1) is 0 Å². The van der Waals surface area contributed by atoms with E-state index in [2.05, 4.69) is 25.2 Å². The number of aromatic nitrogens is 3. The van der Waals surface area contributed by atoms with Gasteiger partial charge in [-0.25, -0.2) is 18.1 Å². The lowest BCUT2D eigenvalue weighted by Gasteiger charge is -2.21. The molecule has 0 radical (unpaired) electrons. The number of nitrogens with one attached hydrogen (secondary N) is 3. The molecule has 8 nitrogen and oxygen atoms in total. The number of aryl methyl sites for hydroxylation is 1. The van der Waals surface area contributed by atoms with Crippen LogP contribution in [0.25, 0.3) is 0 Å². The first kappa shape index (κ1) is 22.9. The van der Waals surface area contributed by atoms with E-state index in [0.717, 1.165) is 5.56 Å². The zero-order valence-electron chi connectivity index (χ0n) is 17.6. The summed E-state index contributed by atoms with van der Waals surface area (Å²) in [5, 5.41) is 9.85. The first-order valence-corrected chi connectivity index (χ1v) is 11.4. The van der Waals surface area contributed by atoms with Gasteiger partial charge in [-0.2, -0.15) is 5.10 Å². The molecule has 164 valence electrons. The Morgan fingerprint density at radius 1 is 1.13 bits per heavy atom. The van der Waals surface area contributed by atoms with Gasteiger partial charge >= 0.3 is 0 Å². The summed E-state index contributed by atoms with van der Waals surface area (Å²) in [7, 11) is -3.93. The third-order valence-electron chi connectivity index (χ3n) is 4.20. The maximum atomic E-state index is 13.0. The summed E-state index contributed by atoms with van der Waals surface area (Å²) in [6.45, 7) is 6.92. The molecule has 1 atom stereocenters. The van der Waals surface area contributed by atoms with E-state index in [1.165, 1.54) is 18.2 Å². The van der Waals surface area contributed by atoms with Crippen molar-refractivity contribution >= 4 is 27.5 Å². The lowest BCUT2D eigenvalue weighted by atomic mass is 10.1. The molecular weight excluding hydrogens is 438 g/mol. The van der Waals surface area contributed by atoms with Crippen LogP contribution in [0, 0.1) is 6.92 Å². The average Bonchev–Trinajstić information content (AvgIpc) is 3.11. The molecular formula is C21H24ClN5O3S. The fourth-order valence-electron chi connectivity index (χ4n) is 2.95. The summed E-state index contributed by atoms with van der Waals surface area (Å²) in [6.07, 6.45) is 0. The molecule has 31 heavy (non-hydrogen) atoms. The maximum absolute atomic E-state index is 13.0. The fourth-order valence-corrected chi connectivity index (χ4v) is 4.90. The Bertz CT molecular complexity index is 1190. The first-order chi connectivity index (χ1) is 14.5. The maximum Gasteiger partial charge on any atom is 0.252 e. The second-order valence-corrected chi connectivity index (χ2v) is 10.2. The van der Waals surface area contributed by atoms with Crippen molar-refractivity contribution in [3.8, 4) is 0 Å². The number of carbonyl (C=O) groups excluding carboxylic acids is 1.